The highest BCUT2D eigenvalue weighted by Crippen LogP contribution is 2.40. The van der Waals surface area contributed by atoms with Crippen molar-refractivity contribution in [1.29, 1.82) is 5.26 Å². The maximum Gasteiger partial charge on any atom is 0.144 e. The Bertz CT molecular complexity index is 4120. The Labute approximate surface area is 447 Å². The zero-order valence-electron chi connectivity index (χ0n) is 59.5. The quantitative estimate of drug-likeness (QED) is 0.0964. The first-order valence-corrected chi connectivity index (χ1v) is 23.6. The largest absolute Gasteiger partial charge is 0.455 e. The van der Waals surface area contributed by atoms with Crippen molar-refractivity contribution in [3.05, 3.63) is 207 Å². The summed E-state index contributed by atoms with van der Waals surface area (Å²) < 4.78 is 180. The van der Waals surface area contributed by atoms with Crippen molar-refractivity contribution in [3.63, 3.8) is 0 Å². The smallest absolute Gasteiger partial charge is 0.144 e. The van der Waals surface area contributed by atoms with E-state index in [2.05, 4.69) is 15.0 Å². The van der Waals surface area contributed by atoms with E-state index in [1.165, 1.54) is 65.8 Å². The van der Waals surface area contributed by atoms with Gasteiger partial charge in [0, 0.05) is 74.9 Å². The van der Waals surface area contributed by atoms with Crippen molar-refractivity contribution in [2.24, 2.45) is 5.41 Å². The van der Waals surface area contributed by atoms with Crippen LogP contribution in [0.4, 0.5) is 0 Å². The molecule has 71 heavy (non-hydrogen) atoms. The maximum atomic E-state index is 10.3. The van der Waals surface area contributed by atoms with Crippen LogP contribution in [0.1, 0.15) is 166 Å². The van der Waals surface area contributed by atoms with Gasteiger partial charge >= 0.3 is 0 Å². The number of benzene rings is 5. The van der Waals surface area contributed by atoms with Gasteiger partial charge in [-0.3, -0.25) is 15.0 Å². The number of nitriles is 1. The molecule has 0 aliphatic rings. The molecule has 0 radical (unpaired) electrons. The zero-order valence-corrected chi connectivity index (χ0v) is 41.5. The van der Waals surface area contributed by atoms with Crippen molar-refractivity contribution in [2.45, 2.75) is 125 Å². The monoisotopic (exact) mass is 951 g/mol. The van der Waals surface area contributed by atoms with Crippen LogP contribution in [0.2, 0.25) is 0 Å². The molecule has 0 saturated heterocycles. The van der Waals surface area contributed by atoms with Gasteiger partial charge in [-0.15, -0.1) is 0 Å². The molecule has 0 aliphatic heterocycles. The van der Waals surface area contributed by atoms with Crippen molar-refractivity contribution in [2.75, 3.05) is 0 Å². The number of aryl methyl sites for hydroxylation is 6. The second-order valence-corrected chi connectivity index (χ2v) is 19.2. The van der Waals surface area contributed by atoms with Crippen LogP contribution in [-0.4, -0.2) is 15.0 Å². The Morgan fingerprint density at radius 1 is 0.549 bits per heavy atom. The third kappa shape index (κ3) is 11.1. The van der Waals surface area contributed by atoms with Gasteiger partial charge in [0.15, 0.2) is 0 Å². The Morgan fingerprint density at radius 3 is 1.42 bits per heavy atom. The standard InChI is InChI=1S/C66H68N4O/c1-42(2)57-34-61(48-17-12-10-13-18-48)68-39-51(57)26-23-45-31-46(24-27-52-40-69-62(35-58(52)43(3)4)49-19-14-11-15-20-49)33-47(32-45)25-28-53-41-70-63(36-59(53)44(5)6)56-22-16-21-54-55-30-29-50(38-67)60(37-66(7,8)9)65(55)71-64(54)56/h10-22,29-36,39-44H,23-28,37H2,1-9H3/i23D2,24D2,25D2,26D2,27D2,28D2,29D,37D2,42D,43D,44D. The molecule has 0 aliphatic carbocycles. The topological polar surface area (TPSA) is 75.6 Å². The number of nitrogens with zero attached hydrogens (tertiary/aromatic N) is 4. The van der Waals surface area contributed by atoms with Gasteiger partial charge in [0.25, 0.3) is 0 Å². The summed E-state index contributed by atoms with van der Waals surface area (Å²) in [4.78, 5) is 13.7. The molecule has 9 rings (SSSR count). The molecule has 4 aromatic heterocycles. The van der Waals surface area contributed by atoms with Gasteiger partial charge in [-0.2, -0.15) is 5.26 Å². The lowest BCUT2D eigenvalue weighted by Gasteiger charge is -2.19. The lowest BCUT2D eigenvalue weighted by atomic mass is 9.85. The molecule has 5 heteroatoms. The number of pyridine rings is 3. The number of para-hydroxylation sites is 1. The Balaban J connectivity index is 1.26. The van der Waals surface area contributed by atoms with Crippen molar-refractivity contribution >= 4 is 21.9 Å². The summed E-state index contributed by atoms with van der Waals surface area (Å²) in [5.74, 6) is -4.91. The summed E-state index contributed by atoms with van der Waals surface area (Å²) in [6, 6.07) is 32.9. The second kappa shape index (κ2) is 21.1. The summed E-state index contributed by atoms with van der Waals surface area (Å²) in [5, 5.41) is 11.0. The van der Waals surface area contributed by atoms with Crippen LogP contribution in [0.15, 0.2) is 150 Å². The molecule has 0 saturated carbocycles. The number of furan rings is 1. The fourth-order valence-electron chi connectivity index (χ4n) is 8.43. The summed E-state index contributed by atoms with van der Waals surface area (Å²) in [6.45, 7) is 13.8. The Kier molecular flexibility index (Phi) is 9.26. The molecule has 0 amide bonds. The average molecular weight is 951 g/mol. The average Bonchev–Trinajstić information content (AvgIpc) is 1.53. The number of rotatable bonds is 16. The minimum atomic E-state index is -3.40. The SMILES string of the molecule is [2H]c1cc2c(oc3c(-c4cc(C([2H])(C)C)c(C([2H])([2H])C([2H])([2H])c5cc(C([2H])([2H])C([2H])([2H])c6cnc(-c7ccccc7)cc6C([2H])(C)C)cc(C([2H])([2H])C([2H])([2H])c6cnc(-c7ccccc7)cc6C([2H])(C)C)c5)cn4)cccc32)c(C([2H])([2H])C(C)(C)C)c1C#N. The lowest BCUT2D eigenvalue weighted by molar-refractivity contribution is 0.410. The van der Waals surface area contributed by atoms with E-state index in [-0.39, 0.29) is 67.4 Å². The minimum Gasteiger partial charge on any atom is -0.455 e. The van der Waals surface area contributed by atoms with Gasteiger partial charge in [0.1, 0.15) is 11.2 Å². The molecule has 358 valence electrons. The van der Waals surface area contributed by atoms with Crippen molar-refractivity contribution in [3.8, 4) is 39.8 Å². The number of fused-ring (bicyclic) bond motifs is 3. The van der Waals surface area contributed by atoms with Crippen molar-refractivity contribution in [1.82, 2.24) is 15.0 Å². The van der Waals surface area contributed by atoms with Gasteiger partial charge in [0.2, 0.25) is 0 Å². The zero-order chi connectivity index (χ0) is 66.0. The molecular weight excluding hydrogens is 865 g/mol. The van der Waals surface area contributed by atoms with Crippen LogP contribution in [0.5, 0.6) is 0 Å². The molecule has 0 unspecified atom stereocenters. The molecular formula is C66H68N4O. The normalized spacial score (nSPS) is 17.5. The molecule has 0 spiro atoms. The van der Waals surface area contributed by atoms with Crippen LogP contribution >= 0.6 is 0 Å². The summed E-state index contributed by atoms with van der Waals surface area (Å²) in [5.41, 5.74) is -2.33. The predicted molar refractivity (Wildman–Crippen MR) is 295 cm³/mol. The lowest BCUT2D eigenvalue weighted by Crippen LogP contribution is -2.10. The van der Waals surface area contributed by atoms with E-state index in [4.69, 9.17) is 5.79 Å². The fraction of sp³-hybridized carbons (Fsp3) is 0.303. The molecule has 5 nitrogen and oxygen atoms in total. The molecule has 5 aromatic carbocycles. The van der Waals surface area contributed by atoms with Crippen LogP contribution in [0.25, 0.3) is 55.7 Å². The molecule has 9 aromatic rings. The van der Waals surface area contributed by atoms with Gasteiger partial charge < -0.3 is 4.42 Å². The molecule has 0 bridgehead atoms. The van der Waals surface area contributed by atoms with Gasteiger partial charge in [-0.05, 0) is 154 Å². The minimum absolute atomic E-state index is 0.0234. The van der Waals surface area contributed by atoms with Gasteiger partial charge in [0.05, 0.1) is 30.1 Å². The molecule has 0 fully saturated rings. The Morgan fingerprint density at radius 2 is 0.986 bits per heavy atom. The van der Waals surface area contributed by atoms with Gasteiger partial charge in [-0.25, -0.2) is 0 Å². The molecule has 0 N–H and O–H groups in total. The van der Waals surface area contributed by atoms with E-state index < -0.39 is 90.0 Å². The highest BCUT2D eigenvalue weighted by molar-refractivity contribution is 6.10. The third-order valence-electron chi connectivity index (χ3n) is 11.9. The van der Waals surface area contributed by atoms with E-state index in [1.54, 1.807) is 99.6 Å². The third-order valence-corrected chi connectivity index (χ3v) is 11.9. The first-order chi connectivity index (χ1) is 40.8. The summed E-state index contributed by atoms with van der Waals surface area (Å²) in [7, 11) is 0. The molecule has 4 heterocycles. The van der Waals surface area contributed by atoms with E-state index in [9.17, 15) is 28.6 Å². The predicted octanol–water partition coefficient (Wildman–Crippen LogP) is 17.0. The first-order valence-electron chi connectivity index (χ1n) is 32.6. The molecule has 0 atom stereocenters. The first kappa shape index (κ1) is 31.2. The highest BCUT2D eigenvalue weighted by Gasteiger charge is 2.23. The van der Waals surface area contributed by atoms with E-state index >= 15 is 0 Å². The number of hydrogen-bond donors (Lipinski definition) is 0. The number of hydrogen-bond acceptors (Lipinski definition) is 5. The Hall–Kier alpha value is -7.16. The van der Waals surface area contributed by atoms with Crippen LogP contribution in [-0.2, 0) is 44.6 Å². The van der Waals surface area contributed by atoms with Crippen molar-refractivity contribution < 1.29 is 29.1 Å². The number of aromatic nitrogens is 3. The maximum absolute atomic E-state index is 10.3. The highest BCUT2D eigenvalue weighted by atomic mass is 16.3. The summed E-state index contributed by atoms with van der Waals surface area (Å²) >= 11 is 0. The summed E-state index contributed by atoms with van der Waals surface area (Å²) in [6.07, 6.45) is -18.7. The van der Waals surface area contributed by atoms with E-state index in [0.717, 1.165) is 36.8 Å². The van der Waals surface area contributed by atoms with Crippen LogP contribution in [0.3, 0.4) is 0 Å². The van der Waals surface area contributed by atoms with E-state index in [1.807, 2.05) is 6.07 Å². The fourth-order valence-corrected chi connectivity index (χ4v) is 8.43. The van der Waals surface area contributed by atoms with E-state index in [0.29, 0.717) is 33.3 Å². The van der Waals surface area contributed by atoms with Crippen LogP contribution < -0.4 is 0 Å². The van der Waals surface area contributed by atoms with Gasteiger partial charge in [-0.1, -0.05) is 153 Å². The second-order valence-electron chi connectivity index (χ2n) is 19.2. The van der Waals surface area contributed by atoms with Crippen LogP contribution in [0, 0.1) is 16.7 Å².